The van der Waals surface area contributed by atoms with E-state index in [1.807, 2.05) is 0 Å². The zero-order valence-electron chi connectivity index (χ0n) is 18.7. The van der Waals surface area contributed by atoms with Crippen LogP contribution in [0.5, 0.6) is 17.2 Å². The first-order valence-corrected chi connectivity index (χ1v) is 12.1. The quantitative estimate of drug-likeness (QED) is 0.372. The molecular weight excluding hydrogens is 454 g/mol. The number of aromatic nitrogens is 2. The normalized spacial score (nSPS) is 11.2. The molecule has 2 aromatic heterocycles. The summed E-state index contributed by atoms with van der Waals surface area (Å²) < 4.78 is 40.0. The van der Waals surface area contributed by atoms with Crippen LogP contribution in [-0.2, 0) is 17.1 Å². The summed E-state index contributed by atoms with van der Waals surface area (Å²) in [5.41, 5.74) is 1.95. The number of anilines is 1. The first-order valence-electron chi connectivity index (χ1n) is 10.5. The van der Waals surface area contributed by atoms with Gasteiger partial charge in [0.1, 0.15) is 29.4 Å². The number of sulfonamides is 1. The predicted octanol–water partition coefficient (Wildman–Crippen LogP) is 4.10. The van der Waals surface area contributed by atoms with Crippen molar-refractivity contribution in [3.63, 3.8) is 0 Å². The van der Waals surface area contributed by atoms with Gasteiger partial charge in [0, 0.05) is 47.7 Å². The van der Waals surface area contributed by atoms with Crippen LogP contribution < -0.4 is 19.8 Å². The van der Waals surface area contributed by atoms with E-state index in [0.717, 1.165) is 0 Å². The Morgan fingerprint density at radius 2 is 1.91 bits per heavy atom. The fourth-order valence-electron chi connectivity index (χ4n) is 3.51. The van der Waals surface area contributed by atoms with Gasteiger partial charge in [-0.05, 0) is 43.3 Å². The average molecular weight is 478 g/mol. The number of rotatable bonds is 8. The Kier molecular flexibility index (Phi) is 6.34. The molecule has 174 valence electrons. The SMILES string of the molecule is C#CCOc1cccc(Oc2ccc(NS(=O)(=O)CC)cc2-c2cn(C)c(=O)c3[nH]ccc23)c1. The van der Waals surface area contributed by atoms with Gasteiger partial charge in [0.05, 0.1) is 5.75 Å². The van der Waals surface area contributed by atoms with Crippen molar-refractivity contribution in [3.8, 4) is 40.7 Å². The Labute approximate surface area is 197 Å². The molecule has 0 aliphatic carbocycles. The van der Waals surface area contributed by atoms with Gasteiger partial charge in [-0.3, -0.25) is 9.52 Å². The number of nitrogens with zero attached hydrogens (tertiary/aromatic N) is 1. The van der Waals surface area contributed by atoms with Crippen molar-refractivity contribution >= 4 is 26.6 Å². The molecule has 0 saturated carbocycles. The highest BCUT2D eigenvalue weighted by atomic mass is 32.2. The van der Waals surface area contributed by atoms with Crippen molar-refractivity contribution < 1.29 is 17.9 Å². The van der Waals surface area contributed by atoms with Crippen LogP contribution in [0.2, 0.25) is 0 Å². The summed E-state index contributed by atoms with van der Waals surface area (Å²) in [6.45, 7) is 1.69. The number of aromatic amines is 1. The lowest BCUT2D eigenvalue weighted by Gasteiger charge is -2.16. The molecule has 2 heterocycles. The minimum atomic E-state index is -3.49. The minimum Gasteiger partial charge on any atom is -0.481 e. The van der Waals surface area contributed by atoms with E-state index >= 15 is 0 Å². The second-order valence-corrected chi connectivity index (χ2v) is 9.52. The lowest BCUT2D eigenvalue weighted by Crippen LogP contribution is -2.17. The number of nitrogens with one attached hydrogen (secondary N) is 2. The standard InChI is InChI=1S/C25H23N3O5S/c1-4-13-32-18-7-6-8-19(15-18)33-23-10-9-17(27-34(30,31)5-2)14-21(23)22-16-28(3)25(29)24-20(22)11-12-26-24/h1,6-12,14-16,26-27H,5,13H2,2-3H3. The van der Waals surface area contributed by atoms with Crippen molar-refractivity contribution in [2.24, 2.45) is 7.05 Å². The summed E-state index contributed by atoms with van der Waals surface area (Å²) in [5, 5.41) is 0.689. The van der Waals surface area contributed by atoms with E-state index in [-0.39, 0.29) is 17.9 Å². The molecule has 0 unspecified atom stereocenters. The van der Waals surface area contributed by atoms with Gasteiger partial charge in [-0.2, -0.15) is 0 Å². The van der Waals surface area contributed by atoms with Gasteiger partial charge < -0.3 is 19.0 Å². The molecule has 0 spiro atoms. The number of hydrogen-bond acceptors (Lipinski definition) is 5. The van der Waals surface area contributed by atoms with Crippen LogP contribution in [0.4, 0.5) is 5.69 Å². The molecule has 0 bridgehead atoms. The van der Waals surface area contributed by atoms with Gasteiger partial charge in [-0.1, -0.05) is 12.0 Å². The predicted molar refractivity (Wildman–Crippen MR) is 133 cm³/mol. The second kappa shape index (κ2) is 9.37. The molecule has 4 aromatic rings. The molecule has 8 nitrogen and oxygen atoms in total. The molecule has 0 aliphatic rings. The van der Waals surface area contributed by atoms with Gasteiger partial charge in [0.25, 0.3) is 5.56 Å². The first-order chi connectivity index (χ1) is 16.3. The van der Waals surface area contributed by atoms with Gasteiger partial charge in [-0.15, -0.1) is 6.42 Å². The van der Waals surface area contributed by atoms with Gasteiger partial charge in [-0.25, -0.2) is 8.42 Å². The topological polar surface area (TPSA) is 102 Å². The van der Waals surface area contributed by atoms with E-state index in [1.165, 1.54) is 4.57 Å². The monoisotopic (exact) mass is 477 g/mol. The van der Waals surface area contributed by atoms with Gasteiger partial charge >= 0.3 is 0 Å². The summed E-state index contributed by atoms with van der Waals surface area (Å²) in [6, 6.07) is 13.8. The molecule has 0 aliphatic heterocycles. The third-order valence-electron chi connectivity index (χ3n) is 5.17. The zero-order chi connectivity index (χ0) is 24.3. The van der Waals surface area contributed by atoms with Crippen molar-refractivity contribution in [1.82, 2.24) is 9.55 Å². The lowest BCUT2D eigenvalue weighted by molar-refractivity contribution is 0.367. The highest BCUT2D eigenvalue weighted by molar-refractivity contribution is 7.92. The molecule has 4 rings (SSSR count). The number of terminal acetylenes is 1. The summed E-state index contributed by atoms with van der Waals surface area (Å²) >= 11 is 0. The third-order valence-corrected chi connectivity index (χ3v) is 6.48. The van der Waals surface area contributed by atoms with Crippen LogP contribution in [0.25, 0.3) is 22.0 Å². The highest BCUT2D eigenvalue weighted by Gasteiger charge is 2.17. The molecule has 2 aromatic carbocycles. The summed E-state index contributed by atoms with van der Waals surface area (Å²) in [4.78, 5) is 15.5. The van der Waals surface area contributed by atoms with E-state index in [9.17, 15) is 13.2 Å². The Morgan fingerprint density at radius 1 is 1.12 bits per heavy atom. The molecule has 9 heteroatoms. The summed E-state index contributed by atoms with van der Waals surface area (Å²) in [5.74, 6) is 3.89. The van der Waals surface area contributed by atoms with Crippen LogP contribution in [0, 0.1) is 12.3 Å². The zero-order valence-corrected chi connectivity index (χ0v) is 19.5. The van der Waals surface area contributed by atoms with Gasteiger partial charge in [0.2, 0.25) is 10.0 Å². The molecule has 2 N–H and O–H groups in total. The van der Waals surface area contributed by atoms with Crippen LogP contribution in [0.15, 0.2) is 65.7 Å². The summed E-state index contributed by atoms with van der Waals surface area (Å²) in [7, 11) is -1.83. The maximum absolute atomic E-state index is 12.5. The number of H-pyrrole nitrogens is 1. The van der Waals surface area contributed by atoms with Crippen LogP contribution in [0.1, 0.15) is 6.92 Å². The maximum Gasteiger partial charge on any atom is 0.274 e. The number of fused-ring (bicyclic) bond motifs is 1. The van der Waals surface area contributed by atoms with Crippen LogP contribution in [0.3, 0.4) is 0 Å². The number of pyridine rings is 1. The molecule has 0 radical (unpaired) electrons. The third kappa shape index (κ3) is 4.77. The first kappa shape index (κ1) is 23.0. The van der Waals surface area contributed by atoms with Gasteiger partial charge in [0.15, 0.2) is 0 Å². The van der Waals surface area contributed by atoms with E-state index in [4.69, 9.17) is 15.9 Å². The minimum absolute atomic E-state index is 0.0626. The van der Waals surface area contributed by atoms with E-state index in [2.05, 4.69) is 15.6 Å². The molecule has 0 amide bonds. The smallest absolute Gasteiger partial charge is 0.274 e. The largest absolute Gasteiger partial charge is 0.481 e. The lowest BCUT2D eigenvalue weighted by atomic mass is 10.0. The Hall–Kier alpha value is -4.16. The van der Waals surface area contributed by atoms with Crippen LogP contribution in [-0.4, -0.2) is 30.3 Å². The van der Waals surface area contributed by atoms with Crippen molar-refractivity contribution in [2.45, 2.75) is 6.92 Å². The summed E-state index contributed by atoms with van der Waals surface area (Å²) in [6.07, 6.45) is 8.65. The van der Waals surface area contributed by atoms with Crippen LogP contribution >= 0.6 is 0 Å². The number of ether oxygens (including phenoxy) is 2. The highest BCUT2D eigenvalue weighted by Crippen LogP contribution is 2.39. The van der Waals surface area contributed by atoms with E-state index in [0.29, 0.717) is 45.0 Å². The Balaban J connectivity index is 1.85. The van der Waals surface area contributed by atoms with Crippen molar-refractivity contribution in [2.75, 3.05) is 17.1 Å². The number of aryl methyl sites for hydroxylation is 1. The fraction of sp³-hybridized carbons (Fsp3) is 0.160. The Bertz CT molecular complexity index is 1560. The van der Waals surface area contributed by atoms with E-state index < -0.39 is 10.0 Å². The second-order valence-electron chi connectivity index (χ2n) is 7.51. The molecular formula is C25H23N3O5S. The molecule has 0 saturated heterocycles. The van der Waals surface area contributed by atoms with Crippen molar-refractivity contribution in [3.05, 3.63) is 71.3 Å². The fourth-order valence-corrected chi connectivity index (χ4v) is 4.14. The van der Waals surface area contributed by atoms with E-state index in [1.54, 1.807) is 74.9 Å². The maximum atomic E-state index is 12.5. The molecule has 0 fully saturated rings. The molecule has 34 heavy (non-hydrogen) atoms. The molecule has 0 atom stereocenters. The van der Waals surface area contributed by atoms with Crippen molar-refractivity contribution in [1.29, 1.82) is 0 Å². The Morgan fingerprint density at radius 3 is 2.68 bits per heavy atom. The number of hydrogen-bond donors (Lipinski definition) is 2. The average Bonchev–Trinajstić information content (AvgIpc) is 3.31. The number of benzene rings is 2.